The van der Waals surface area contributed by atoms with Crippen LogP contribution < -0.4 is 0 Å². The first-order valence-electron chi connectivity index (χ1n) is 6.78. The maximum atomic E-state index is 11.3. The maximum Gasteiger partial charge on any atom is 0.307 e. The van der Waals surface area contributed by atoms with Crippen LogP contribution in [0.15, 0.2) is 4.52 Å². The van der Waals surface area contributed by atoms with Gasteiger partial charge in [-0.3, -0.25) is 4.79 Å². The van der Waals surface area contributed by atoms with Crippen molar-refractivity contribution in [1.29, 1.82) is 0 Å². The molecule has 1 fully saturated rings. The Bertz CT molecular complexity index is 432. The number of aliphatic carboxylic acids is 1. The monoisotopic (exact) mass is 268 g/mol. The first kappa shape index (κ1) is 14.0. The van der Waals surface area contributed by atoms with Gasteiger partial charge in [-0.1, -0.05) is 18.5 Å². The lowest BCUT2D eigenvalue weighted by molar-refractivity contribution is -0.142. The molecule has 1 aliphatic carbocycles. The topological polar surface area (TPSA) is 85.5 Å². The summed E-state index contributed by atoms with van der Waals surface area (Å²) in [6, 6.07) is 0. The molecule has 2 rings (SSSR count). The molecule has 0 aliphatic heterocycles. The average Bonchev–Trinajstić information content (AvgIpc) is 3.02. The summed E-state index contributed by atoms with van der Waals surface area (Å²) in [6.45, 7) is 4.87. The van der Waals surface area contributed by atoms with E-state index in [2.05, 4.69) is 17.1 Å². The fraction of sp³-hybridized carbons (Fsp3) is 0.769. The summed E-state index contributed by atoms with van der Waals surface area (Å²) in [4.78, 5) is 15.6. The predicted octanol–water partition coefficient (Wildman–Crippen LogP) is 2.21. The van der Waals surface area contributed by atoms with Gasteiger partial charge in [0.2, 0.25) is 5.89 Å². The van der Waals surface area contributed by atoms with Crippen molar-refractivity contribution in [3.63, 3.8) is 0 Å². The number of aromatic nitrogens is 2. The van der Waals surface area contributed by atoms with E-state index in [0.29, 0.717) is 37.3 Å². The first-order valence-corrected chi connectivity index (χ1v) is 6.78. The van der Waals surface area contributed by atoms with E-state index in [9.17, 15) is 9.90 Å². The van der Waals surface area contributed by atoms with Gasteiger partial charge in [0.1, 0.15) is 6.61 Å². The standard InChI is InChI=1S/C13H20N2O4/c1-3-8-5-9(10(6-8)13(16)17)12-14-11(15-19-12)7-18-4-2/h8-10H,3-7H2,1-2H3,(H,16,17). The van der Waals surface area contributed by atoms with Crippen LogP contribution in [-0.4, -0.2) is 27.8 Å². The second kappa shape index (κ2) is 6.14. The van der Waals surface area contributed by atoms with Crippen LogP contribution in [0, 0.1) is 11.8 Å². The summed E-state index contributed by atoms with van der Waals surface area (Å²) in [5.74, 6) is 0.00788. The van der Waals surface area contributed by atoms with E-state index in [4.69, 9.17) is 9.26 Å². The van der Waals surface area contributed by atoms with E-state index >= 15 is 0 Å². The van der Waals surface area contributed by atoms with Gasteiger partial charge in [-0.25, -0.2) is 0 Å². The zero-order valence-corrected chi connectivity index (χ0v) is 11.3. The quantitative estimate of drug-likeness (QED) is 0.851. The normalized spacial score (nSPS) is 26.7. The third-order valence-electron chi connectivity index (χ3n) is 3.79. The molecule has 1 saturated carbocycles. The zero-order chi connectivity index (χ0) is 13.8. The molecule has 6 nitrogen and oxygen atoms in total. The van der Waals surface area contributed by atoms with E-state index in [1.54, 1.807) is 0 Å². The lowest BCUT2D eigenvalue weighted by atomic mass is 9.96. The van der Waals surface area contributed by atoms with Crippen molar-refractivity contribution in [2.45, 2.75) is 45.6 Å². The van der Waals surface area contributed by atoms with Gasteiger partial charge in [0.05, 0.1) is 11.8 Å². The van der Waals surface area contributed by atoms with Crippen LogP contribution in [0.1, 0.15) is 50.7 Å². The Balaban J connectivity index is 2.10. The van der Waals surface area contributed by atoms with Crippen molar-refractivity contribution in [3.8, 4) is 0 Å². The maximum absolute atomic E-state index is 11.3. The second-order valence-electron chi connectivity index (χ2n) is 4.98. The van der Waals surface area contributed by atoms with Crippen LogP contribution in [0.4, 0.5) is 0 Å². The van der Waals surface area contributed by atoms with Gasteiger partial charge in [-0.2, -0.15) is 4.98 Å². The largest absolute Gasteiger partial charge is 0.481 e. The molecule has 3 unspecified atom stereocenters. The number of carbonyl (C=O) groups is 1. The molecule has 0 amide bonds. The number of ether oxygens (including phenoxy) is 1. The van der Waals surface area contributed by atoms with E-state index in [1.807, 2.05) is 6.92 Å². The predicted molar refractivity (Wildman–Crippen MR) is 66.5 cm³/mol. The Morgan fingerprint density at radius 1 is 1.47 bits per heavy atom. The third kappa shape index (κ3) is 3.12. The number of hydrogen-bond donors (Lipinski definition) is 1. The first-order chi connectivity index (χ1) is 9.15. The summed E-state index contributed by atoms with van der Waals surface area (Å²) < 4.78 is 10.4. The lowest BCUT2D eigenvalue weighted by Crippen LogP contribution is -2.17. The molecule has 3 atom stereocenters. The molecule has 0 aromatic carbocycles. The highest BCUT2D eigenvalue weighted by molar-refractivity contribution is 5.71. The number of hydrogen-bond acceptors (Lipinski definition) is 5. The minimum atomic E-state index is -0.773. The molecule has 1 N–H and O–H groups in total. The Morgan fingerprint density at radius 2 is 2.26 bits per heavy atom. The highest BCUT2D eigenvalue weighted by Crippen LogP contribution is 2.43. The summed E-state index contributed by atoms with van der Waals surface area (Å²) in [7, 11) is 0. The van der Waals surface area contributed by atoms with E-state index in [0.717, 1.165) is 12.8 Å². The van der Waals surface area contributed by atoms with Crippen LogP contribution in [0.2, 0.25) is 0 Å². The highest BCUT2D eigenvalue weighted by atomic mass is 16.5. The summed E-state index contributed by atoms with van der Waals surface area (Å²) in [6.07, 6.45) is 2.49. The molecule has 1 aromatic rings. The van der Waals surface area contributed by atoms with Gasteiger partial charge >= 0.3 is 5.97 Å². The minimum absolute atomic E-state index is 0.162. The van der Waals surface area contributed by atoms with Gasteiger partial charge < -0.3 is 14.4 Å². The van der Waals surface area contributed by atoms with Crippen molar-refractivity contribution in [3.05, 3.63) is 11.7 Å². The molecular formula is C13H20N2O4. The van der Waals surface area contributed by atoms with Gasteiger partial charge in [-0.05, 0) is 25.7 Å². The SMILES string of the molecule is CCOCc1noc(C2CC(CC)CC2C(=O)O)n1. The van der Waals surface area contributed by atoms with Gasteiger partial charge in [-0.15, -0.1) is 0 Å². The molecule has 1 heterocycles. The fourth-order valence-electron chi connectivity index (χ4n) is 2.69. The van der Waals surface area contributed by atoms with Crippen molar-refractivity contribution in [2.24, 2.45) is 11.8 Å². The van der Waals surface area contributed by atoms with Crippen molar-refractivity contribution in [2.75, 3.05) is 6.61 Å². The molecule has 0 spiro atoms. The highest BCUT2D eigenvalue weighted by Gasteiger charge is 2.41. The second-order valence-corrected chi connectivity index (χ2v) is 4.98. The lowest BCUT2D eigenvalue weighted by Gasteiger charge is -2.09. The summed E-state index contributed by atoms with van der Waals surface area (Å²) in [5, 5.41) is 13.1. The fourth-order valence-corrected chi connectivity index (χ4v) is 2.69. The molecule has 6 heteroatoms. The number of nitrogens with zero attached hydrogens (tertiary/aromatic N) is 2. The molecule has 19 heavy (non-hydrogen) atoms. The molecular weight excluding hydrogens is 248 g/mol. The summed E-state index contributed by atoms with van der Waals surface area (Å²) >= 11 is 0. The number of carboxylic acid groups (broad SMARTS) is 1. The molecule has 1 aliphatic rings. The van der Waals surface area contributed by atoms with Crippen molar-refractivity contribution < 1.29 is 19.2 Å². The smallest absolute Gasteiger partial charge is 0.307 e. The molecule has 0 saturated heterocycles. The minimum Gasteiger partial charge on any atom is -0.481 e. The Kier molecular flexibility index (Phi) is 4.52. The van der Waals surface area contributed by atoms with Crippen LogP contribution >= 0.6 is 0 Å². The Hall–Kier alpha value is -1.43. The number of rotatable bonds is 6. The van der Waals surface area contributed by atoms with Gasteiger partial charge in [0.25, 0.3) is 0 Å². The molecule has 1 aromatic heterocycles. The third-order valence-corrected chi connectivity index (χ3v) is 3.79. The zero-order valence-electron chi connectivity index (χ0n) is 11.3. The molecule has 106 valence electrons. The van der Waals surface area contributed by atoms with E-state index in [1.165, 1.54) is 0 Å². The van der Waals surface area contributed by atoms with E-state index in [-0.39, 0.29) is 5.92 Å². The van der Waals surface area contributed by atoms with Crippen LogP contribution in [-0.2, 0) is 16.1 Å². The number of carboxylic acids is 1. The summed E-state index contributed by atoms with van der Waals surface area (Å²) in [5.41, 5.74) is 0. The molecule has 0 bridgehead atoms. The van der Waals surface area contributed by atoms with Gasteiger partial charge in [0, 0.05) is 6.61 Å². The van der Waals surface area contributed by atoms with Crippen LogP contribution in [0.25, 0.3) is 0 Å². The molecule has 0 radical (unpaired) electrons. The average molecular weight is 268 g/mol. The van der Waals surface area contributed by atoms with Gasteiger partial charge in [0.15, 0.2) is 5.82 Å². The van der Waals surface area contributed by atoms with Crippen LogP contribution in [0.3, 0.4) is 0 Å². The van der Waals surface area contributed by atoms with E-state index < -0.39 is 11.9 Å². The van der Waals surface area contributed by atoms with Crippen molar-refractivity contribution >= 4 is 5.97 Å². The Morgan fingerprint density at radius 3 is 2.89 bits per heavy atom. The van der Waals surface area contributed by atoms with Crippen LogP contribution in [0.5, 0.6) is 0 Å². The Labute approximate surface area is 112 Å². The van der Waals surface area contributed by atoms with Crippen molar-refractivity contribution in [1.82, 2.24) is 10.1 Å².